The molecule has 100 valence electrons. The second-order valence-corrected chi connectivity index (χ2v) is 4.88. The number of benzene rings is 1. The Kier molecular flexibility index (Phi) is 3.11. The molecule has 0 spiro atoms. The molecule has 19 heavy (non-hydrogen) atoms. The van der Waals surface area contributed by atoms with Crippen molar-refractivity contribution in [1.29, 1.82) is 0 Å². The number of aldehydes is 1. The van der Waals surface area contributed by atoms with Gasteiger partial charge in [0, 0.05) is 12.0 Å². The van der Waals surface area contributed by atoms with Crippen molar-refractivity contribution >= 4 is 17.2 Å². The fourth-order valence-corrected chi connectivity index (χ4v) is 2.85. The summed E-state index contributed by atoms with van der Waals surface area (Å²) in [6, 6.07) is 4.86. The van der Waals surface area contributed by atoms with Crippen LogP contribution in [0.1, 0.15) is 42.0 Å². The summed E-state index contributed by atoms with van der Waals surface area (Å²) in [6.07, 6.45) is 3.24. The number of halogens is 1. The Labute approximate surface area is 111 Å². The first-order valence-corrected chi connectivity index (χ1v) is 6.64. The molecule has 1 aromatic heterocycles. The molecule has 0 amide bonds. The molecule has 4 heteroatoms. The number of ether oxygens (including phenoxy) is 1. The van der Waals surface area contributed by atoms with E-state index in [0.29, 0.717) is 12.3 Å². The van der Waals surface area contributed by atoms with Gasteiger partial charge in [-0.15, -0.1) is 0 Å². The molecule has 0 N–H and O–H groups in total. The summed E-state index contributed by atoms with van der Waals surface area (Å²) >= 11 is 0. The monoisotopic (exact) mass is 261 g/mol. The van der Waals surface area contributed by atoms with E-state index in [1.165, 1.54) is 12.1 Å². The van der Waals surface area contributed by atoms with Gasteiger partial charge < -0.3 is 9.30 Å². The molecule has 1 saturated heterocycles. The van der Waals surface area contributed by atoms with E-state index in [0.717, 1.165) is 42.0 Å². The van der Waals surface area contributed by atoms with Gasteiger partial charge in [0.15, 0.2) is 6.29 Å². The lowest BCUT2D eigenvalue weighted by Crippen LogP contribution is -2.10. The van der Waals surface area contributed by atoms with E-state index in [9.17, 15) is 9.18 Å². The van der Waals surface area contributed by atoms with Crippen LogP contribution < -0.4 is 0 Å². The minimum Gasteiger partial charge on any atom is -0.358 e. The van der Waals surface area contributed by atoms with Gasteiger partial charge in [0.1, 0.15) is 12.0 Å². The highest BCUT2D eigenvalue weighted by Crippen LogP contribution is 2.32. The van der Waals surface area contributed by atoms with Gasteiger partial charge in [-0.1, -0.05) is 6.92 Å². The minimum atomic E-state index is -0.265. The zero-order valence-electron chi connectivity index (χ0n) is 10.9. The number of carbonyl (C=O) groups excluding carboxylic acids is 1. The van der Waals surface area contributed by atoms with E-state index < -0.39 is 0 Å². The zero-order chi connectivity index (χ0) is 13.4. The number of rotatable bonds is 3. The van der Waals surface area contributed by atoms with E-state index in [4.69, 9.17) is 4.74 Å². The maximum atomic E-state index is 13.7. The van der Waals surface area contributed by atoms with E-state index in [-0.39, 0.29) is 12.0 Å². The van der Waals surface area contributed by atoms with Crippen molar-refractivity contribution in [3.63, 3.8) is 0 Å². The van der Waals surface area contributed by atoms with Crippen molar-refractivity contribution in [2.75, 3.05) is 6.61 Å². The van der Waals surface area contributed by atoms with Gasteiger partial charge in [-0.3, -0.25) is 4.79 Å². The topological polar surface area (TPSA) is 31.2 Å². The van der Waals surface area contributed by atoms with Crippen molar-refractivity contribution in [1.82, 2.24) is 4.57 Å². The first-order valence-electron chi connectivity index (χ1n) is 6.64. The van der Waals surface area contributed by atoms with Crippen LogP contribution in [0.3, 0.4) is 0 Å². The quantitative estimate of drug-likeness (QED) is 0.792. The molecule has 1 fully saturated rings. The number of hydrogen-bond acceptors (Lipinski definition) is 2. The third kappa shape index (κ3) is 1.96. The van der Waals surface area contributed by atoms with Crippen LogP contribution in [-0.2, 0) is 11.2 Å². The molecule has 0 radical (unpaired) electrons. The molecule has 3 nitrogen and oxygen atoms in total. The van der Waals surface area contributed by atoms with Crippen LogP contribution in [0.25, 0.3) is 10.9 Å². The molecule has 1 atom stereocenters. The third-order valence-electron chi connectivity index (χ3n) is 3.73. The van der Waals surface area contributed by atoms with Crippen molar-refractivity contribution in [3.05, 3.63) is 35.3 Å². The maximum absolute atomic E-state index is 13.7. The SMILES string of the molecule is CCc1cc(F)cc2c1cc(C=O)n2C1CCCO1. The van der Waals surface area contributed by atoms with Gasteiger partial charge in [-0.05, 0) is 43.0 Å². The van der Waals surface area contributed by atoms with Crippen molar-refractivity contribution in [2.24, 2.45) is 0 Å². The summed E-state index contributed by atoms with van der Waals surface area (Å²) in [4.78, 5) is 11.3. The number of hydrogen-bond donors (Lipinski definition) is 0. The second-order valence-electron chi connectivity index (χ2n) is 4.88. The van der Waals surface area contributed by atoms with Crippen LogP contribution >= 0.6 is 0 Å². The molecule has 3 rings (SSSR count). The molecular formula is C15H16FNO2. The maximum Gasteiger partial charge on any atom is 0.166 e. The molecule has 0 aliphatic carbocycles. The summed E-state index contributed by atoms with van der Waals surface area (Å²) in [5.74, 6) is -0.265. The fourth-order valence-electron chi connectivity index (χ4n) is 2.85. The lowest BCUT2D eigenvalue weighted by Gasteiger charge is -2.15. The van der Waals surface area contributed by atoms with E-state index in [1.54, 1.807) is 0 Å². The predicted molar refractivity (Wildman–Crippen MR) is 70.9 cm³/mol. The smallest absolute Gasteiger partial charge is 0.166 e. The average Bonchev–Trinajstić information content (AvgIpc) is 3.03. The molecule has 1 aliphatic rings. The van der Waals surface area contributed by atoms with Gasteiger partial charge in [0.05, 0.1) is 11.2 Å². The van der Waals surface area contributed by atoms with Gasteiger partial charge in [0.2, 0.25) is 0 Å². The number of fused-ring (bicyclic) bond motifs is 1. The highest BCUT2D eigenvalue weighted by molar-refractivity contribution is 5.91. The molecule has 0 bridgehead atoms. The van der Waals surface area contributed by atoms with Crippen LogP contribution in [0.2, 0.25) is 0 Å². The normalized spacial score (nSPS) is 19.2. The third-order valence-corrected chi connectivity index (χ3v) is 3.73. The number of aryl methyl sites for hydroxylation is 1. The Morgan fingerprint density at radius 3 is 2.95 bits per heavy atom. The van der Waals surface area contributed by atoms with Gasteiger partial charge in [0.25, 0.3) is 0 Å². The minimum absolute atomic E-state index is 0.149. The summed E-state index contributed by atoms with van der Waals surface area (Å²) in [5.41, 5.74) is 2.24. The van der Waals surface area contributed by atoms with Crippen LogP contribution in [0.5, 0.6) is 0 Å². The molecule has 2 heterocycles. The largest absolute Gasteiger partial charge is 0.358 e. The number of aromatic nitrogens is 1. The number of nitrogens with zero attached hydrogens (tertiary/aromatic N) is 1. The van der Waals surface area contributed by atoms with E-state index in [1.807, 2.05) is 17.6 Å². The molecule has 2 aromatic rings. The molecule has 0 saturated carbocycles. The van der Waals surface area contributed by atoms with Gasteiger partial charge >= 0.3 is 0 Å². The lowest BCUT2D eigenvalue weighted by atomic mass is 10.1. The molecular weight excluding hydrogens is 245 g/mol. The summed E-state index contributed by atoms with van der Waals surface area (Å²) in [5, 5.41) is 0.946. The first-order chi connectivity index (χ1) is 9.24. The predicted octanol–water partition coefficient (Wildman–Crippen LogP) is 3.46. The number of carbonyl (C=O) groups is 1. The second kappa shape index (κ2) is 4.78. The van der Waals surface area contributed by atoms with Crippen LogP contribution in [0, 0.1) is 5.82 Å². The molecule has 1 unspecified atom stereocenters. The Morgan fingerprint density at radius 1 is 1.47 bits per heavy atom. The Morgan fingerprint density at radius 2 is 2.32 bits per heavy atom. The lowest BCUT2D eigenvalue weighted by molar-refractivity contribution is 0.0579. The molecule has 1 aromatic carbocycles. The average molecular weight is 261 g/mol. The first kappa shape index (κ1) is 12.4. The van der Waals surface area contributed by atoms with Crippen LogP contribution in [0.15, 0.2) is 18.2 Å². The Hall–Kier alpha value is -1.68. The van der Waals surface area contributed by atoms with Crippen molar-refractivity contribution in [3.8, 4) is 0 Å². The highest BCUT2D eigenvalue weighted by atomic mass is 19.1. The van der Waals surface area contributed by atoms with Crippen LogP contribution in [0.4, 0.5) is 4.39 Å². The Balaban J connectivity index is 2.28. The van der Waals surface area contributed by atoms with Crippen molar-refractivity contribution < 1.29 is 13.9 Å². The highest BCUT2D eigenvalue weighted by Gasteiger charge is 2.23. The molecule has 1 aliphatic heterocycles. The zero-order valence-corrected chi connectivity index (χ0v) is 10.9. The summed E-state index contributed by atoms with van der Waals surface area (Å²) < 4.78 is 21.2. The summed E-state index contributed by atoms with van der Waals surface area (Å²) in [7, 11) is 0. The van der Waals surface area contributed by atoms with Gasteiger partial charge in [-0.25, -0.2) is 4.39 Å². The standard InChI is InChI=1S/C15H16FNO2/c1-2-10-6-11(16)7-14-13(10)8-12(9-18)17(14)15-4-3-5-19-15/h6-9,15H,2-5H2,1H3. The fraction of sp³-hybridized carbons (Fsp3) is 0.400. The van der Waals surface area contributed by atoms with Crippen molar-refractivity contribution in [2.45, 2.75) is 32.4 Å². The van der Waals surface area contributed by atoms with Gasteiger partial charge in [-0.2, -0.15) is 0 Å². The summed E-state index contributed by atoms with van der Waals surface area (Å²) in [6.45, 7) is 2.68. The Bertz CT molecular complexity index is 627. The van der Waals surface area contributed by atoms with Crippen LogP contribution in [-0.4, -0.2) is 17.5 Å². The van der Waals surface area contributed by atoms with E-state index >= 15 is 0 Å². The van der Waals surface area contributed by atoms with E-state index in [2.05, 4.69) is 0 Å².